The molecular formula is C21H25N5O. The molecule has 1 saturated heterocycles. The number of amides is 2. The number of imidazole rings is 1. The van der Waals surface area contributed by atoms with Gasteiger partial charge in [0.25, 0.3) is 0 Å². The summed E-state index contributed by atoms with van der Waals surface area (Å²) < 4.78 is 2.00. The van der Waals surface area contributed by atoms with E-state index in [4.69, 9.17) is 0 Å². The van der Waals surface area contributed by atoms with Crippen molar-refractivity contribution in [2.75, 3.05) is 30.4 Å². The molecule has 2 aromatic heterocycles. The predicted molar refractivity (Wildman–Crippen MR) is 108 cm³/mol. The summed E-state index contributed by atoms with van der Waals surface area (Å²) in [7, 11) is 1.80. The lowest BCUT2D eigenvalue weighted by molar-refractivity contribution is 0.220. The maximum Gasteiger partial charge on any atom is 0.321 e. The van der Waals surface area contributed by atoms with E-state index in [0.717, 1.165) is 35.7 Å². The van der Waals surface area contributed by atoms with Crippen LogP contribution in [0.4, 0.5) is 16.2 Å². The Kier molecular flexibility index (Phi) is 4.71. The number of anilines is 2. The van der Waals surface area contributed by atoms with E-state index in [1.807, 2.05) is 47.1 Å². The summed E-state index contributed by atoms with van der Waals surface area (Å²) in [6, 6.07) is 11.9. The summed E-state index contributed by atoms with van der Waals surface area (Å²) in [5.41, 5.74) is 5.07. The Balaban J connectivity index is 1.48. The van der Waals surface area contributed by atoms with Crippen LogP contribution in [0.5, 0.6) is 0 Å². The first-order chi connectivity index (χ1) is 13.1. The van der Waals surface area contributed by atoms with Crippen LogP contribution in [0, 0.1) is 6.92 Å². The van der Waals surface area contributed by atoms with Gasteiger partial charge in [-0.1, -0.05) is 12.1 Å². The second-order valence-electron chi connectivity index (χ2n) is 7.11. The Morgan fingerprint density at radius 1 is 1.19 bits per heavy atom. The first-order valence-electron chi connectivity index (χ1n) is 9.41. The number of pyridine rings is 1. The smallest absolute Gasteiger partial charge is 0.321 e. The zero-order valence-electron chi connectivity index (χ0n) is 15.9. The number of rotatable bonds is 4. The molecule has 0 spiro atoms. The third kappa shape index (κ3) is 3.47. The van der Waals surface area contributed by atoms with E-state index < -0.39 is 0 Å². The number of carbonyl (C=O) groups is 1. The molecule has 1 aliphatic heterocycles. The Hall–Kier alpha value is -3.02. The van der Waals surface area contributed by atoms with E-state index in [0.29, 0.717) is 6.54 Å². The molecular weight excluding hydrogens is 338 g/mol. The van der Waals surface area contributed by atoms with Gasteiger partial charge in [0.2, 0.25) is 0 Å². The maximum absolute atomic E-state index is 12.7. The second-order valence-corrected chi connectivity index (χ2v) is 7.11. The molecule has 140 valence electrons. The van der Waals surface area contributed by atoms with Crippen LogP contribution < -0.4 is 10.2 Å². The second kappa shape index (κ2) is 7.31. The highest BCUT2D eigenvalue weighted by molar-refractivity contribution is 5.91. The number of aromatic nitrogens is 2. The lowest BCUT2D eigenvalue weighted by Crippen LogP contribution is -2.31. The van der Waals surface area contributed by atoms with E-state index in [-0.39, 0.29) is 6.03 Å². The normalized spacial score (nSPS) is 13.9. The van der Waals surface area contributed by atoms with Gasteiger partial charge in [-0.15, -0.1) is 0 Å². The summed E-state index contributed by atoms with van der Waals surface area (Å²) in [5.74, 6) is 0. The van der Waals surface area contributed by atoms with Crippen LogP contribution in [-0.2, 0) is 6.54 Å². The molecule has 1 aliphatic rings. The molecule has 6 heteroatoms. The molecule has 1 fully saturated rings. The monoisotopic (exact) mass is 363 g/mol. The lowest BCUT2D eigenvalue weighted by Gasteiger charge is -2.23. The standard InChI is InChI=1S/C21H25N5O/c1-16-18(8-7-9-19(16)25-11-5-6-12-25)23-21(27)24(2)15-17-14-22-20-10-3-4-13-26(17)20/h3-4,7-10,13-14H,5-6,11-12,15H2,1-2H3,(H,23,27). The van der Waals surface area contributed by atoms with E-state index >= 15 is 0 Å². The average molecular weight is 363 g/mol. The minimum Gasteiger partial charge on any atom is -0.371 e. The van der Waals surface area contributed by atoms with Crippen LogP contribution >= 0.6 is 0 Å². The minimum atomic E-state index is -0.123. The fourth-order valence-corrected chi connectivity index (χ4v) is 3.69. The van der Waals surface area contributed by atoms with Crippen molar-refractivity contribution in [3.05, 3.63) is 60.0 Å². The van der Waals surface area contributed by atoms with Gasteiger partial charge in [-0.25, -0.2) is 9.78 Å². The van der Waals surface area contributed by atoms with Crippen molar-refractivity contribution in [1.82, 2.24) is 14.3 Å². The highest BCUT2D eigenvalue weighted by atomic mass is 16.2. The van der Waals surface area contributed by atoms with Crippen LogP contribution in [0.25, 0.3) is 5.65 Å². The Morgan fingerprint density at radius 3 is 2.81 bits per heavy atom. The van der Waals surface area contributed by atoms with Crippen LogP contribution in [0.15, 0.2) is 48.8 Å². The van der Waals surface area contributed by atoms with Crippen molar-refractivity contribution in [1.29, 1.82) is 0 Å². The molecule has 2 amide bonds. The minimum absolute atomic E-state index is 0.123. The number of carbonyl (C=O) groups excluding carboxylic acids is 1. The molecule has 1 N–H and O–H groups in total. The van der Waals surface area contributed by atoms with Crippen LogP contribution in [0.3, 0.4) is 0 Å². The number of urea groups is 1. The number of benzene rings is 1. The number of nitrogens with one attached hydrogen (secondary N) is 1. The first kappa shape index (κ1) is 17.4. The molecule has 3 heterocycles. The van der Waals surface area contributed by atoms with E-state index in [1.165, 1.54) is 18.5 Å². The highest BCUT2D eigenvalue weighted by Crippen LogP contribution is 2.29. The molecule has 0 unspecified atom stereocenters. The molecule has 6 nitrogen and oxygen atoms in total. The van der Waals surface area contributed by atoms with Gasteiger partial charge in [-0.05, 0) is 49.6 Å². The average Bonchev–Trinajstić information content (AvgIpc) is 3.34. The topological polar surface area (TPSA) is 52.9 Å². The summed E-state index contributed by atoms with van der Waals surface area (Å²) in [6.07, 6.45) is 6.25. The number of hydrogen-bond acceptors (Lipinski definition) is 3. The molecule has 0 saturated carbocycles. The fourth-order valence-electron chi connectivity index (χ4n) is 3.69. The maximum atomic E-state index is 12.7. The van der Waals surface area contributed by atoms with Crippen molar-refractivity contribution in [3.8, 4) is 0 Å². The van der Waals surface area contributed by atoms with Gasteiger partial charge in [0, 0.05) is 37.7 Å². The van der Waals surface area contributed by atoms with Gasteiger partial charge in [0.15, 0.2) is 0 Å². The summed E-state index contributed by atoms with van der Waals surface area (Å²) in [4.78, 5) is 21.2. The van der Waals surface area contributed by atoms with Crippen molar-refractivity contribution in [2.45, 2.75) is 26.3 Å². The third-order valence-electron chi connectivity index (χ3n) is 5.23. The zero-order valence-corrected chi connectivity index (χ0v) is 15.9. The zero-order chi connectivity index (χ0) is 18.8. The van der Waals surface area contributed by atoms with Crippen molar-refractivity contribution in [3.63, 3.8) is 0 Å². The van der Waals surface area contributed by atoms with E-state index in [1.54, 1.807) is 11.9 Å². The molecule has 0 radical (unpaired) electrons. The van der Waals surface area contributed by atoms with E-state index in [9.17, 15) is 4.79 Å². The molecule has 0 bridgehead atoms. The highest BCUT2D eigenvalue weighted by Gasteiger charge is 2.18. The SMILES string of the molecule is Cc1c(NC(=O)N(C)Cc2cnc3ccccn23)cccc1N1CCCC1. The summed E-state index contributed by atoms with van der Waals surface area (Å²) in [6.45, 7) is 4.74. The van der Waals surface area contributed by atoms with Crippen molar-refractivity contribution >= 4 is 23.1 Å². The largest absolute Gasteiger partial charge is 0.371 e. The third-order valence-corrected chi connectivity index (χ3v) is 5.23. The van der Waals surface area contributed by atoms with Crippen molar-refractivity contribution in [2.24, 2.45) is 0 Å². The Morgan fingerprint density at radius 2 is 2.00 bits per heavy atom. The number of fused-ring (bicyclic) bond motifs is 1. The summed E-state index contributed by atoms with van der Waals surface area (Å²) >= 11 is 0. The van der Waals surface area contributed by atoms with Gasteiger partial charge < -0.3 is 19.5 Å². The molecule has 0 aliphatic carbocycles. The molecule has 0 atom stereocenters. The Labute approximate surface area is 159 Å². The predicted octanol–water partition coefficient (Wildman–Crippen LogP) is 3.91. The molecule has 4 rings (SSSR count). The molecule has 27 heavy (non-hydrogen) atoms. The van der Waals surface area contributed by atoms with Gasteiger partial charge in [-0.3, -0.25) is 0 Å². The fraction of sp³-hybridized carbons (Fsp3) is 0.333. The van der Waals surface area contributed by atoms with Crippen LogP contribution in [-0.4, -0.2) is 40.5 Å². The van der Waals surface area contributed by atoms with Gasteiger partial charge >= 0.3 is 6.03 Å². The van der Waals surface area contributed by atoms with Crippen LogP contribution in [0.1, 0.15) is 24.1 Å². The summed E-state index contributed by atoms with van der Waals surface area (Å²) in [5, 5.41) is 3.06. The first-order valence-corrected chi connectivity index (χ1v) is 9.41. The van der Waals surface area contributed by atoms with Crippen molar-refractivity contribution < 1.29 is 4.79 Å². The van der Waals surface area contributed by atoms with Gasteiger partial charge in [0.05, 0.1) is 18.4 Å². The Bertz CT molecular complexity index is 958. The van der Waals surface area contributed by atoms with Crippen LogP contribution in [0.2, 0.25) is 0 Å². The number of hydrogen-bond donors (Lipinski definition) is 1. The molecule has 3 aromatic rings. The lowest BCUT2D eigenvalue weighted by atomic mass is 10.1. The number of nitrogens with zero attached hydrogens (tertiary/aromatic N) is 4. The van der Waals surface area contributed by atoms with Gasteiger partial charge in [0.1, 0.15) is 5.65 Å². The van der Waals surface area contributed by atoms with Gasteiger partial charge in [-0.2, -0.15) is 0 Å². The molecule has 1 aromatic carbocycles. The quantitative estimate of drug-likeness (QED) is 0.765. The van der Waals surface area contributed by atoms with E-state index in [2.05, 4.69) is 28.2 Å².